The number of alkyl halides is 3. The van der Waals surface area contributed by atoms with E-state index in [4.69, 9.17) is 4.42 Å². The third kappa shape index (κ3) is 6.33. The number of halogens is 3. The molecule has 0 aliphatic rings. The molecule has 2 aromatic carbocycles. The van der Waals surface area contributed by atoms with E-state index in [0.717, 1.165) is 17.7 Å². The van der Waals surface area contributed by atoms with Gasteiger partial charge in [0.05, 0.1) is 13.5 Å². The van der Waals surface area contributed by atoms with E-state index < -0.39 is 12.3 Å². The number of ether oxygens (including phenoxy) is 2. The third-order valence-corrected chi connectivity index (χ3v) is 4.11. The number of methoxy groups -OCH3 is 1. The van der Waals surface area contributed by atoms with Crippen molar-refractivity contribution >= 4 is 11.9 Å². The van der Waals surface area contributed by atoms with Crippen LogP contribution in [0.3, 0.4) is 0 Å². The first-order valence-electron chi connectivity index (χ1n) is 8.98. The molecular weight excluding hydrogens is 417 g/mol. The predicted molar refractivity (Wildman–Crippen MR) is 102 cm³/mol. The van der Waals surface area contributed by atoms with Crippen molar-refractivity contribution in [2.24, 2.45) is 0 Å². The Labute approximate surface area is 174 Å². The predicted octanol–water partition coefficient (Wildman–Crippen LogP) is 3.89. The van der Waals surface area contributed by atoms with E-state index in [2.05, 4.69) is 19.8 Å². The monoisotopic (exact) mass is 434 g/mol. The lowest BCUT2D eigenvalue weighted by atomic mass is 10.1. The minimum Gasteiger partial charge on any atom is -0.464 e. The van der Waals surface area contributed by atoms with Crippen LogP contribution < -0.4 is 10.1 Å². The van der Waals surface area contributed by atoms with Crippen molar-refractivity contribution < 1.29 is 36.7 Å². The quantitative estimate of drug-likeness (QED) is 0.568. The fourth-order valence-electron chi connectivity index (χ4n) is 2.63. The molecule has 0 bridgehead atoms. The Morgan fingerprint density at radius 2 is 1.68 bits per heavy atom. The molecule has 0 fully saturated rings. The van der Waals surface area contributed by atoms with Gasteiger partial charge in [0.2, 0.25) is 11.8 Å². The van der Waals surface area contributed by atoms with Gasteiger partial charge in [-0.25, -0.2) is 9.78 Å². The molecular formula is C21H17F3N2O5. The van der Waals surface area contributed by atoms with Crippen molar-refractivity contribution in [2.75, 3.05) is 7.11 Å². The van der Waals surface area contributed by atoms with Gasteiger partial charge in [-0.15, -0.1) is 13.2 Å². The number of oxazole rings is 1. The normalized spacial score (nSPS) is 11.1. The van der Waals surface area contributed by atoms with Crippen LogP contribution in [0.5, 0.6) is 5.75 Å². The smallest absolute Gasteiger partial charge is 0.464 e. The molecule has 0 radical (unpaired) electrons. The highest BCUT2D eigenvalue weighted by atomic mass is 19.4. The van der Waals surface area contributed by atoms with Crippen LogP contribution in [-0.4, -0.2) is 30.3 Å². The van der Waals surface area contributed by atoms with Gasteiger partial charge in [0.1, 0.15) is 12.0 Å². The number of benzene rings is 2. The molecule has 31 heavy (non-hydrogen) atoms. The van der Waals surface area contributed by atoms with Crippen molar-refractivity contribution in [3.63, 3.8) is 0 Å². The molecule has 3 aromatic rings. The Balaban J connectivity index is 1.51. The number of nitrogens with zero attached hydrogens (tertiary/aromatic N) is 1. The van der Waals surface area contributed by atoms with Crippen LogP contribution in [-0.2, 0) is 22.5 Å². The molecule has 0 aliphatic carbocycles. The van der Waals surface area contributed by atoms with Gasteiger partial charge in [0.15, 0.2) is 5.69 Å². The SMILES string of the molecule is COC(=O)c1coc(-c2ccc(CNC(=O)Cc3ccc(OC(F)(F)F)cc3)cc2)n1. The highest BCUT2D eigenvalue weighted by molar-refractivity contribution is 5.87. The molecule has 1 aromatic heterocycles. The summed E-state index contributed by atoms with van der Waals surface area (Å²) in [5.41, 5.74) is 2.07. The van der Waals surface area contributed by atoms with Crippen molar-refractivity contribution in [3.05, 3.63) is 71.6 Å². The molecule has 0 spiro atoms. The second-order valence-corrected chi connectivity index (χ2v) is 6.37. The molecule has 0 saturated carbocycles. The Morgan fingerprint density at radius 1 is 1.03 bits per heavy atom. The lowest BCUT2D eigenvalue weighted by Gasteiger charge is -2.09. The van der Waals surface area contributed by atoms with E-state index in [1.165, 1.54) is 25.5 Å². The average molecular weight is 434 g/mol. The largest absolute Gasteiger partial charge is 0.573 e. The minimum atomic E-state index is -4.76. The van der Waals surface area contributed by atoms with Crippen molar-refractivity contribution in [1.82, 2.24) is 10.3 Å². The number of nitrogens with one attached hydrogen (secondary N) is 1. The third-order valence-electron chi connectivity index (χ3n) is 4.11. The molecule has 10 heteroatoms. The summed E-state index contributed by atoms with van der Waals surface area (Å²) in [6.45, 7) is 0.257. The Bertz CT molecular complexity index is 1040. The molecule has 1 heterocycles. The second-order valence-electron chi connectivity index (χ2n) is 6.37. The van der Waals surface area contributed by atoms with Crippen molar-refractivity contribution in [2.45, 2.75) is 19.3 Å². The number of aromatic nitrogens is 1. The number of rotatable bonds is 7. The highest BCUT2D eigenvalue weighted by Gasteiger charge is 2.30. The molecule has 0 saturated heterocycles. The van der Waals surface area contributed by atoms with Crippen LogP contribution in [0.1, 0.15) is 21.6 Å². The molecule has 0 aliphatic heterocycles. The number of carbonyl (C=O) groups excluding carboxylic acids is 2. The zero-order valence-electron chi connectivity index (χ0n) is 16.2. The summed E-state index contributed by atoms with van der Waals surface area (Å²) in [6, 6.07) is 12.1. The first-order chi connectivity index (χ1) is 14.7. The van der Waals surface area contributed by atoms with E-state index in [0.29, 0.717) is 11.1 Å². The summed E-state index contributed by atoms with van der Waals surface area (Å²) in [7, 11) is 1.25. The summed E-state index contributed by atoms with van der Waals surface area (Å²) in [5, 5.41) is 2.74. The molecule has 1 N–H and O–H groups in total. The van der Waals surface area contributed by atoms with Crippen LogP contribution in [0.2, 0.25) is 0 Å². The van der Waals surface area contributed by atoms with E-state index in [9.17, 15) is 22.8 Å². The van der Waals surface area contributed by atoms with Crippen LogP contribution >= 0.6 is 0 Å². The van der Waals surface area contributed by atoms with Gasteiger partial charge in [-0.3, -0.25) is 4.79 Å². The summed E-state index contributed by atoms with van der Waals surface area (Å²) in [6.07, 6.45) is -3.54. The van der Waals surface area contributed by atoms with Gasteiger partial charge in [-0.1, -0.05) is 24.3 Å². The summed E-state index contributed by atoms with van der Waals surface area (Å²) in [5.74, 6) is -0.976. The van der Waals surface area contributed by atoms with Crippen molar-refractivity contribution in [3.8, 4) is 17.2 Å². The van der Waals surface area contributed by atoms with Gasteiger partial charge >= 0.3 is 12.3 Å². The van der Waals surface area contributed by atoms with Crippen LogP contribution in [0, 0.1) is 0 Å². The molecule has 0 atom stereocenters. The standard InChI is InChI=1S/C21H17F3N2O5/c1-29-20(28)17-12-30-19(26-17)15-6-2-14(3-7-15)11-25-18(27)10-13-4-8-16(9-5-13)31-21(22,23)24/h2-9,12H,10-11H2,1H3,(H,25,27). The number of hydrogen-bond acceptors (Lipinski definition) is 6. The fraction of sp³-hybridized carbons (Fsp3) is 0.190. The number of carbonyl (C=O) groups is 2. The van der Waals surface area contributed by atoms with Gasteiger partial charge in [0.25, 0.3) is 0 Å². The molecule has 7 nitrogen and oxygen atoms in total. The summed E-state index contributed by atoms with van der Waals surface area (Å²) >= 11 is 0. The zero-order chi connectivity index (χ0) is 22.4. The second kappa shape index (κ2) is 9.33. The maximum absolute atomic E-state index is 12.2. The van der Waals surface area contributed by atoms with E-state index in [1.54, 1.807) is 24.3 Å². The molecule has 3 rings (SSSR count). The van der Waals surface area contributed by atoms with Crippen LogP contribution in [0.4, 0.5) is 13.2 Å². The Morgan fingerprint density at radius 3 is 2.29 bits per heavy atom. The maximum Gasteiger partial charge on any atom is 0.573 e. The van der Waals surface area contributed by atoms with Crippen LogP contribution in [0.25, 0.3) is 11.5 Å². The zero-order valence-corrected chi connectivity index (χ0v) is 16.2. The van der Waals surface area contributed by atoms with Gasteiger partial charge in [-0.05, 0) is 35.4 Å². The lowest BCUT2D eigenvalue weighted by Crippen LogP contribution is -2.24. The topological polar surface area (TPSA) is 90.7 Å². The van der Waals surface area contributed by atoms with Gasteiger partial charge in [0, 0.05) is 12.1 Å². The minimum absolute atomic E-state index is 0.0109. The molecule has 0 unspecified atom stereocenters. The number of esters is 1. The van der Waals surface area contributed by atoms with Gasteiger partial charge in [-0.2, -0.15) is 0 Å². The summed E-state index contributed by atoms with van der Waals surface area (Å²) < 4.78 is 50.1. The Hall–Kier alpha value is -3.82. The Kier molecular flexibility index (Phi) is 6.58. The maximum atomic E-state index is 12.2. The number of amides is 1. The highest BCUT2D eigenvalue weighted by Crippen LogP contribution is 2.23. The van der Waals surface area contributed by atoms with E-state index in [1.807, 2.05) is 0 Å². The number of hydrogen-bond donors (Lipinski definition) is 1. The van der Waals surface area contributed by atoms with Gasteiger partial charge < -0.3 is 19.2 Å². The van der Waals surface area contributed by atoms with E-state index >= 15 is 0 Å². The lowest BCUT2D eigenvalue weighted by molar-refractivity contribution is -0.274. The molecule has 162 valence electrons. The first-order valence-corrected chi connectivity index (χ1v) is 8.98. The van der Waals surface area contributed by atoms with E-state index in [-0.39, 0.29) is 36.2 Å². The van der Waals surface area contributed by atoms with Crippen LogP contribution in [0.15, 0.2) is 59.2 Å². The molecule has 1 amide bonds. The van der Waals surface area contributed by atoms with Crippen molar-refractivity contribution in [1.29, 1.82) is 0 Å². The fourth-order valence-corrected chi connectivity index (χ4v) is 2.63. The summed E-state index contributed by atoms with van der Waals surface area (Å²) in [4.78, 5) is 27.6. The average Bonchev–Trinajstić information content (AvgIpc) is 3.23. The first kappa shape index (κ1) is 21.9.